The molecule has 1 aromatic rings. The predicted molar refractivity (Wildman–Crippen MR) is 56.0 cm³/mol. The highest BCUT2D eigenvalue weighted by Crippen LogP contribution is 2.21. The summed E-state index contributed by atoms with van der Waals surface area (Å²) < 4.78 is 0. The van der Waals surface area contributed by atoms with Gasteiger partial charge in [0, 0.05) is 6.54 Å². The highest BCUT2D eigenvalue weighted by atomic mass is 35.5. The van der Waals surface area contributed by atoms with Crippen molar-refractivity contribution in [3.8, 4) is 0 Å². The lowest BCUT2D eigenvalue weighted by atomic mass is 9.99. The topological polar surface area (TPSA) is 66.5 Å². The van der Waals surface area contributed by atoms with Gasteiger partial charge in [-0.25, -0.2) is 0 Å². The van der Waals surface area contributed by atoms with E-state index in [0.717, 1.165) is 5.56 Å². The molecule has 0 aliphatic rings. The molecule has 0 saturated carbocycles. The number of rotatable bonds is 4. The lowest BCUT2D eigenvalue weighted by molar-refractivity contribution is 0.0322. The van der Waals surface area contributed by atoms with Crippen molar-refractivity contribution in [3.05, 3.63) is 35.4 Å². The number of aliphatic hydroxyl groups is 2. The zero-order valence-electron chi connectivity index (χ0n) is 7.73. The van der Waals surface area contributed by atoms with Crippen molar-refractivity contribution >= 4 is 11.6 Å². The van der Waals surface area contributed by atoms with Crippen LogP contribution in [0.4, 0.5) is 0 Å². The molecule has 0 amide bonds. The maximum atomic E-state index is 9.71. The van der Waals surface area contributed by atoms with Gasteiger partial charge in [0.15, 0.2) is 0 Å². The number of hydrogen-bond donors (Lipinski definition) is 3. The fraction of sp³-hybridized carbons (Fsp3) is 0.400. The maximum Gasteiger partial charge on any atom is 0.106 e. The van der Waals surface area contributed by atoms with Crippen LogP contribution >= 0.6 is 11.6 Å². The van der Waals surface area contributed by atoms with Crippen LogP contribution in [0.1, 0.15) is 17.2 Å². The second-order valence-corrected chi connectivity index (χ2v) is 3.38. The first-order chi connectivity index (χ1) is 6.70. The third kappa shape index (κ3) is 2.45. The van der Waals surface area contributed by atoms with E-state index in [9.17, 15) is 10.2 Å². The van der Waals surface area contributed by atoms with E-state index in [2.05, 4.69) is 0 Å². The van der Waals surface area contributed by atoms with Gasteiger partial charge in [0.2, 0.25) is 0 Å². The summed E-state index contributed by atoms with van der Waals surface area (Å²) in [6, 6.07) is 7.19. The van der Waals surface area contributed by atoms with E-state index in [1.54, 1.807) is 12.1 Å². The first-order valence-corrected chi connectivity index (χ1v) is 4.94. The Morgan fingerprint density at radius 3 is 2.50 bits per heavy atom. The molecule has 1 aromatic carbocycles. The first-order valence-electron chi connectivity index (χ1n) is 4.40. The van der Waals surface area contributed by atoms with Gasteiger partial charge in [-0.3, -0.25) is 0 Å². The quantitative estimate of drug-likeness (QED) is 0.651. The maximum absolute atomic E-state index is 9.71. The van der Waals surface area contributed by atoms with Crippen LogP contribution in [0.3, 0.4) is 0 Å². The fourth-order valence-electron chi connectivity index (χ4n) is 1.30. The van der Waals surface area contributed by atoms with E-state index >= 15 is 0 Å². The summed E-state index contributed by atoms with van der Waals surface area (Å²) in [5.41, 5.74) is 6.97. The highest BCUT2D eigenvalue weighted by Gasteiger charge is 2.19. The van der Waals surface area contributed by atoms with E-state index < -0.39 is 12.2 Å². The molecule has 0 radical (unpaired) electrons. The number of benzene rings is 1. The molecule has 4 N–H and O–H groups in total. The van der Waals surface area contributed by atoms with Gasteiger partial charge < -0.3 is 15.9 Å². The van der Waals surface area contributed by atoms with Crippen LogP contribution in [-0.2, 0) is 6.54 Å². The Kier molecular flexibility index (Phi) is 4.35. The van der Waals surface area contributed by atoms with Gasteiger partial charge in [-0.1, -0.05) is 24.3 Å². The number of nitrogens with two attached hydrogens (primary N) is 1. The van der Waals surface area contributed by atoms with Crippen molar-refractivity contribution in [2.24, 2.45) is 5.73 Å². The highest BCUT2D eigenvalue weighted by molar-refractivity contribution is 6.18. The minimum atomic E-state index is -0.966. The smallest absolute Gasteiger partial charge is 0.106 e. The second-order valence-electron chi connectivity index (χ2n) is 3.07. The summed E-state index contributed by atoms with van der Waals surface area (Å²) in [6.45, 7) is 0.336. The van der Waals surface area contributed by atoms with Crippen molar-refractivity contribution in [2.75, 3.05) is 5.88 Å². The standard InChI is InChI=1S/C10H14ClNO2/c11-5-9(13)10(14)8-4-2-1-3-7(8)6-12/h1-4,9-10,13-14H,5-6,12H2. The molecule has 0 fully saturated rings. The predicted octanol–water partition coefficient (Wildman–Crippen LogP) is 0.778. The zero-order valence-corrected chi connectivity index (χ0v) is 8.48. The minimum Gasteiger partial charge on any atom is -0.389 e. The number of halogens is 1. The van der Waals surface area contributed by atoms with E-state index in [0.29, 0.717) is 12.1 Å². The van der Waals surface area contributed by atoms with E-state index in [4.69, 9.17) is 17.3 Å². The van der Waals surface area contributed by atoms with Crippen LogP contribution in [0.5, 0.6) is 0 Å². The number of hydrogen-bond acceptors (Lipinski definition) is 3. The molecule has 2 atom stereocenters. The molecule has 1 rings (SSSR count). The van der Waals surface area contributed by atoms with Crippen LogP contribution in [0, 0.1) is 0 Å². The van der Waals surface area contributed by atoms with E-state index in [-0.39, 0.29) is 5.88 Å². The Morgan fingerprint density at radius 1 is 1.29 bits per heavy atom. The summed E-state index contributed by atoms with van der Waals surface area (Å²) >= 11 is 5.45. The van der Waals surface area contributed by atoms with Gasteiger partial charge in [-0.05, 0) is 11.1 Å². The lowest BCUT2D eigenvalue weighted by Crippen LogP contribution is -2.21. The molecular formula is C10H14ClNO2. The second kappa shape index (κ2) is 5.32. The zero-order chi connectivity index (χ0) is 10.6. The molecular weight excluding hydrogens is 202 g/mol. The van der Waals surface area contributed by atoms with Gasteiger partial charge in [0.05, 0.1) is 12.0 Å². The monoisotopic (exact) mass is 215 g/mol. The van der Waals surface area contributed by atoms with Crippen molar-refractivity contribution in [1.82, 2.24) is 0 Å². The molecule has 2 unspecified atom stereocenters. The molecule has 0 aromatic heterocycles. The molecule has 0 heterocycles. The molecule has 3 nitrogen and oxygen atoms in total. The summed E-state index contributed by atoms with van der Waals surface area (Å²) in [7, 11) is 0. The van der Waals surface area contributed by atoms with Crippen molar-refractivity contribution in [2.45, 2.75) is 18.8 Å². The summed E-state index contributed by atoms with van der Waals surface area (Å²) in [5, 5.41) is 19.1. The summed E-state index contributed by atoms with van der Waals surface area (Å²) in [6.07, 6.45) is -1.92. The number of alkyl halides is 1. The Balaban J connectivity index is 2.93. The molecule has 0 saturated heterocycles. The SMILES string of the molecule is NCc1ccccc1C(O)C(O)CCl. The Bertz CT molecular complexity index is 293. The third-order valence-electron chi connectivity index (χ3n) is 2.12. The van der Waals surface area contributed by atoms with Crippen LogP contribution in [0.25, 0.3) is 0 Å². The van der Waals surface area contributed by atoms with Crippen LogP contribution < -0.4 is 5.73 Å². The summed E-state index contributed by atoms with van der Waals surface area (Å²) in [5.74, 6) is 0.0000718. The van der Waals surface area contributed by atoms with Gasteiger partial charge in [-0.15, -0.1) is 11.6 Å². The first kappa shape index (κ1) is 11.5. The van der Waals surface area contributed by atoms with Crippen LogP contribution in [-0.4, -0.2) is 22.2 Å². The lowest BCUT2D eigenvalue weighted by Gasteiger charge is -2.18. The Morgan fingerprint density at radius 2 is 1.93 bits per heavy atom. The van der Waals surface area contributed by atoms with Crippen molar-refractivity contribution < 1.29 is 10.2 Å². The molecule has 0 bridgehead atoms. The average molecular weight is 216 g/mol. The van der Waals surface area contributed by atoms with Gasteiger partial charge in [0.25, 0.3) is 0 Å². The Labute approximate surface area is 88.1 Å². The van der Waals surface area contributed by atoms with Crippen LogP contribution in [0.15, 0.2) is 24.3 Å². The van der Waals surface area contributed by atoms with E-state index in [1.807, 2.05) is 12.1 Å². The van der Waals surface area contributed by atoms with E-state index in [1.165, 1.54) is 0 Å². The average Bonchev–Trinajstić information content (AvgIpc) is 2.26. The minimum absolute atomic E-state index is 0.0000718. The fourth-order valence-corrected chi connectivity index (χ4v) is 1.47. The Hall–Kier alpha value is -0.610. The van der Waals surface area contributed by atoms with Crippen molar-refractivity contribution in [3.63, 3.8) is 0 Å². The van der Waals surface area contributed by atoms with Crippen molar-refractivity contribution in [1.29, 1.82) is 0 Å². The molecule has 14 heavy (non-hydrogen) atoms. The molecule has 4 heteroatoms. The third-order valence-corrected chi connectivity index (χ3v) is 2.43. The molecule has 0 spiro atoms. The van der Waals surface area contributed by atoms with Gasteiger partial charge >= 0.3 is 0 Å². The number of aliphatic hydroxyl groups excluding tert-OH is 2. The van der Waals surface area contributed by atoms with Gasteiger partial charge in [-0.2, -0.15) is 0 Å². The summed E-state index contributed by atoms with van der Waals surface area (Å²) in [4.78, 5) is 0. The normalized spacial score (nSPS) is 15.1. The van der Waals surface area contributed by atoms with Crippen LogP contribution in [0.2, 0.25) is 0 Å². The molecule has 78 valence electrons. The van der Waals surface area contributed by atoms with Gasteiger partial charge in [0.1, 0.15) is 6.10 Å². The molecule has 0 aliphatic carbocycles. The molecule has 0 aliphatic heterocycles. The largest absolute Gasteiger partial charge is 0.389 e.